The Labute approximate surface area is 197 Å². The van der Waals surface area contributed by atoms with E-state index in [1.54, 1.807) is 38.2 Å². The average Bonchev–Trinajstić information content (AvgIpc) is 3.19. The van der Waals surface area contributed by atoms with Crippen LogP contribution in [0, 0.1) is 11.8 Å². The lowest BCUT2D eigenvalue weighted by molar-refractivity contribution is -0.137. The maximum Gasteiger partial charge on any atom is 0.416 e. The summed E-state index contributed by atoms with van der Waals surface area (Å²) < 4.78 is 72.9. The Kier molecular flexibility index (Phi) is 6.91. The highest BCUT2D eigenvalue weighted by molar-refractivity contribution is 7.92. The molecule has 2 aromatic carbocycles. The molecule has 1 N–H and O–H groups in total. The molecule has 0 spiro atoms. The number of benzene rings is 2. The highest BCUT2D eigenvalue weighted by Crippen LogP contribution is 2.31. The molecule has 1 aliphatic rings. The average molecular weight is 496 g/mol. The highest BCUT2D eigenvalue weighted by Gasteiger charge is 2.32. The number of nitrogens with zero attached hydrogens (tertiary/aromatic N) is 2. The normalized spacial score (nSPS) is 16.8. The first-order valence-electron chi connectivity index (χ1n) is 11.3. The number of sulfone groups is 1. The molecule has 0 saturated carbocycles. The number of rotatable bonds is 7. The fraction of sp³-hybridized carbons (Fsp3) is 0.458. The van der Waals surface area contributed by atoms with Gasteiger partial charge in [0.05, 0.1) is 22.2 Å². The first-order chi connectivity index (χ1) is 16.1. The number of halogens is 3. The Morgan fingerprint density at radius 1 is 1.12 bits per heavy atom. The van der Waals surface area contributed by atoms with Crippen molar-refractivity contribution in [2.75, 3.05) is 18.5 Å². The molecule has 0 amide bonds. The van der Waals surface area contributed by atoms with Crippen LogP contribution < -0.4 is 5.32 Å². The SMILES string of the molecule is CC(C)C(Nc1ccc(C(F)(F)F)cc1)S(=O)(=O)c1ccc2c(cnn2CC2CCOCC2)c1. The fourth-order valence-electron chi connectivity index (χ4n) is 4.23. The van der Waals surface area contributed by atoms with Crippen molar-refractivity contribution < 1.29 is 26.3 Å². The molecule has 1 unspecified atom stereocenters. The van der Waals surface area contributed by atoms with E-state index in [0.717, 1.165) is 55.6 Å². The van der Waals surface area contributed by atoms with Gasteiger partial charge < -0.3 is 10.1 Å². The summed E-state index contributed by atoms with van der Waals surface area (Å²) in [5.74, 6) is 0.137. The fourth-order valence-corrected chi connectivity index (χ4v) is 6.08. The van der Waals surface area contributed by atoms with Crippen LogP contribution in [0.4, 0.5) is 18.9 Å². The Balaban J connectivity index is 1.57. The summed E-state index contributed by atoms with van der Waals surface area (Å²) in [7, 11) is -3.83. The first kappa shape index (κ1) is 24.5. The summed E-state index contributed by atoms with van der Waals surface area (Å²) in [5, 5.41) is 7.09. The number of nitrogens with one attached hydrogen (secondary N) is 1. The van der Waals surface area contributed by atoms with Crippen molar-refractivity contribution in [3.63, 3.8) is 0 Å². The van der Waals surface area contributed by atoms with Gasteiger partial charge in [0.2, 0.25) is 0 Å². The number of alkyl halides is 3. The van der Waals surface area contributed by atoms with Crippen molar-refractivity contribution in [3.8, 4) is 0 Å². The number of fused-ring (bicyclic) bond motifs is 1. The molecule has 1 aliphatic heterocycles. The number of hydrogen-bond donors (Lipinski definition) is 1. The molecule has 0 bridgehead atoms. The molecule has 3 aromatic rings. The van der Waals surface area contributed by atoms with Crippen LogP contribution in [0.1, 0.15) is 32.3 Å². The van der Waals surface area contributed by atoms with Crippen LogP contribution in [-0.4, -0.2) is 36.8 Å². The van der Waals surface area contributed by atoms with Crippen molar-refractivity contribution in [3.05, 3.63) is 54.2 Å². The lowest BCUT2D eigenvalue weighted by Gasteiger charge is -2.24. The largest absolute Gasteiger partial charge is 0.416 e. The maximum atomic E-state index is 13.5. The minimum Gasteiger partial charge on any atom is -0.381 e. The zero-order valence-electron chi connectivity index (χ0n) is 19.0. The molecule has 0 aliphatic carbocycles. The van der Waals surface area contributed by atoms with E-state index in [4.69, 9.17) is 4.74 Å². The molecule has 34 heavy (non-hydrogen) atoms. The third-order valence-corrected chi connectivity index (χ3v) is 8.42. The van der Waals surface area contributed by atoms with Crippen LogP contribution in [0.15, 0.2) is 53.6 Å². The summed E-state index contributed by atoms with van der Waals surface area (Å²) >= 11 is 0. The lowest BCUT2D eigenvalue weighted by Crippen LogP contribution is -2.34. The maximum absolute atomic E-state index is 13.5. The van der Waals surface area contributed by atoms with Gasteiger partial charge in [-0.15, -0.1) is 0 Å². The number of ether oxygens (including phenoxy) is 1. The molecule has 1 saturated heterocycles. The second-order valence-corrected chi connectivity index (χ2v) is 11.1. The van der Waals surface area contributed by atoms with Crippen molar-refractivity contribution in [2.24, 2.45) is 11.8 Å². The van der Waals surface area contributed by atoms with Crippen molar-refractivity contribution in [2.45, 2.75) is 49.7 Å². The van der Waals surface area contributed by atoms with Crippen LogP contribution in [-0.2, 0) is 27.3 Å². The smallest absolute Gasteiger partial charge is 0.381 e. The standard InChI is InChI=1S/C24H28F3N3O3S/c1-16(2)23(29-20-5-3-19(4-6-20)24(25,26)27)34(31,32)21-7-8-22-18(13-21)14-28-30(22)15-17-9-11-33-12-10-17/h3-8,13-14,16-17,23,29H,9-12,15H2,1-2H3. The van der Waals surface area contributed by atoms with E-state index in [0.29, 0.717) is 11.6 Å². The Morgan fingerprint density at radius 3 is 2.41 bits per heavy atom. The number of hydrogen-bond acceptors (Lipinski definition) is 5. The topological polar surface area (TPSA) is 73.2 Å². The monoisotopic (exact) mass is 495 g/mol. The van der Waals surface area contributed by atoms with E-state index in [-0.39, 0.29) is 10.8 Å². The Morgan fingerprint density at radius 2 is 1.79 bits per heavy atom. The lowest BCUT2D eigenvalue weighted by atomic mass is 10.0. The minimum absolute atomic E-state index is 0.142. The number of aromatic nitrogens is 2. The Bertz CT molecular complexity index is 1230. The van der Waals surface area contributed by atoms with Gasteiger partial charge in [-0.1, -0.05) is 13.8 Å². The molecule has 0 radical (unpaired) electrons. The van der Waals surface area contributed by atoms with Crippen LogP contribution in [0.25, 0.3) is 10.9 Å². The van der Waals surface area contributed by atoms with Gasteiger partial charge in [0.15, 0.2) is 9.84 Å². The van der Waals surface area contributed by atoms with E-state index in [1.807, 2.05) is 4.68 Å². The van der Waals surface area contributed by atoms with E-state index in [9.17, 15) is 21.6 Å². The van der Waals surface area contributed by atoms with Crippen LogP contribution in [0.3, 0.4) is 0 Å². The molecule has 1 aromatic heterocycles. The van der Waals surface area contributed by atoms with Gasteiger partial charge in [0.1, 0.15) is 5.37 Å². The summed E-state index contributed by atoms with van der Waals surface area (Å²) in [6, 6.07) is 9.32. The quantitative estimate of drug-likeness (QED) is 0.478. The van der Waals surface area contributed by atoms with Gasteiger partial charge in [-0.05, 0) is 67.1 Å². The van der Waals surface area contributed by atoms with Gasteiger partial charge in [0.25, 0.3) is 0 Å². The summed E-state index contributed by atoms with van der Waals surface area (Å²) in [6.45, 7) is 5.75. The first-order valence-corrected chi connectivity index (χ1v) is 12.8. The highest BCUT2D eigenvalue weighted by atomic mass is 32.2. The second-order valence-electron chi connectivity index (χ2n) is 9.03. The zero-order chi connectivity index (χ0) is 24.5. The van der Waals surface area contributed by atoms with Gasteiger partial charge in [-0.2, -0.15) is 18.3 Å². The molecule has 2 heterocycles. The molecule has 10 heteroatoms. The molecule has 6 nitrogen and oxygen atoms in total. The van der Waals surface area contributed by atoms with Crippen LogP contribution >= 0.6 is 0 Å². The van der Waals surface area contributed by atoms with Gasteiger partial charge in [0, 0.05) is 30.8 Å². The Hall–Kier alpha value is -2.59. The second kappa shape index (κ2) is 9.58. The van der Waals surface area contributed by atoms with Crippen molar-refractivity contribution in [1.82, 2.24) is 9.78 Å². The predicted molar refractivity (Wildman–Crippen MR) is 124 cm³/mol. The molecular weight excluding hydrogens is 467 g/mol. The van der Waals surface area contributed by atoms with Crippen molar-refractivity contribution >= 4 is 26.4 Å². The number of anilines is 1. The summed E-state index contributed by atoms with van der Waals surface area (Å²) in [4.78, 5) is 0.142. The van der Waals surface area contributed by atoms with Crippen LogP contribution in [0.2, 0.25) is 0 Å². The molecule has 184 valence electrons. The molecule has 1 atom stereocenters. The van der Waals surface area contributed by atoms with Gasteiger partial charge in [-0.3, -0.25) is 4.68 Å². The van der Waals surface area contributed by atoms with Gasteiger partial charge >= 0.3 is 6.18 Å². The van der Waals surface area contributed by atoms with E-state index in [2.05, 4.69) is 10.4 Å². The predicted octanol–water partition coefficient (Wildman–Crippen LogP) is 5.35. The van der Waals surface area contributed by atoms with Crippen molar-refractivity contribution in [1.29, 1.82) is 0 Å². The third kappa shape index (κ3) is 5.22. The van der Waals surface area contributed by atoms with Crippen LogP contribution in [0.5, 0.6) is 0 Å². The third-order valence-electron chi connectivity index (χ3n) is 6.17. The zero-order valence-corrected chi connectivity index (χ0v) is 19.9. The molecule has 4 rings (SSSR count). The molecule has 1 fully saturated rings. The summed E-state index contributed by atoms with van der Waals surface area (Å²) in [5.41, 5.74) is 0.382. The van der Waals surface area contributed by atoms with E-state index >= 15 is 0 Å². The van der Waals surface area contributed by atoms with E-state index < -0.39 is 27.0 Å². The van der Waals surface area contributed by atoms with Gasteiger partial charge in [-0.25, -0.2) is 8.42 Å². The molecular formula is C24H28F3N3O3S. The van der Waals surface area contributed by atoms with E-state index in [1.165, 1.54) is 12.1 Å². The summed E-state index contributed by atoms with van der Waals surface area (Å²) in [6.07, 6.45) is -0.840. The minimum atomic E-state index is -4.45.